The molecule has 1 atom stereocenters. The summed E-state index contributed by atoms with van der Waals surface area (Å²) in [5.41, 5.74) is 5.59. The Morgan fingerprint density at radius 3 is 2.57 bits per heavy atom. The van der Waals surface area contributed by atoms with E-state index in [0.29, 0.717) is 11.0 Å². The van der Waals surface area contributed by atoms with Crippen molar-refractivity contribution in [2.45, 2.75) is 45.1 Å². The zero-order valence-corrected chi connectivity index (χ0v) is 10.1. The van der Waals surface area contributed by atoms with E-state index < -0.39 is 0 Å². The molecular weight excluding hydrogens is 192 g/mol. The smallest absolute Gasteiger partial charge is 0.0743 e. The standard InChI is InChI=1S/C11H22N2S/c1-3-10(7-11(12)14)13(2)8-9-5-4-6-9/h9-10H,3-8H2,1-2H3,(H2,12,14). The Bertz CT molecular complexity index is 190. The van der Waals surface area contributed by atoms with Crippen molar-refractivity contribution >= 4 is 17.2 Å². The van der Waals surface area contributed by atoms with E-state index >= 15 is 0 Å². The van der Waals surface area contributed by atoms with Crippen LogP contribution in [0.4, 0.5) is 0 Å². The maximum atomic E-state index is 5.59. The Hall–Kier alpha value is -0.150. The highest BCUT2D eigenvalue weighted by Gasteiger charge is 2.22. The molecule has 0 spiro atoms. The summed E-state index contributed by atoms with van der Waals surface area (Å²) in [6.07, 6.45) is 6.25. The van der Waals surface area contributed by atoms with Gasteiger partial charge in [-0.05, 0) is 32.2 Å². The third-order valence-corrected chi connectivity index (χ3v) is 3.47. The first kappa shape index (κ1) is 11.9. The molecule has 3 heteroatoms. The normalized spacial score (nSPS) is 19.4. The zero-order valence-electron chi connectivity index (χ0n) is 9.33. The average molecular weight is 214 g/mol. The van der Waals surface area contributed by atoms with Gasteiger partial charge < -0.3 is 10.6 Å². The van der Waals surface area contributed by atoms with Gasteiger partial charge in [0.15, 0.2) is 0 Å². The van der Waals surface area contributed by atoms with Gasteiger partial charge in [-0.15, -0.1) is 0 Å². The van der Waals surface area contributed by atoms with Crippen molar-refractivity contribution in [2.75, 3.05) is 13.6 Å². The Kier molecular flexibility index (Phi) is 4.82. The SMILES string of the molecule is CCC(CC(N)=S)N(C)CC1CCC1. The quantitative estimate of drug-likeness (QED) is 0.687. The highest BCUT2D eigenvalue weighted by atomic mass is 32.1. The van der Waals surface area contributed by atoms with Gasteiger partial charge in [-0.1, -0.05) is 25.6 Å². The first-order chi connectivity index (χ1) is 6.63. The molecule has 0 amide bonds. The molecule has 82 valence electrons. The number of nitrogens with zero attached hydrogens (tertiary/aromatic N) is 1. The molecule has 0 saturated heterocycles. The van der Waals surface area contributed by atoms with Gasteiger partial charge in [-0.3, -0.25) is 0 Å². The summed E-state index contributed by atoms with van der Waals surface area (Å²) in [7, 11) is 2.20. The van der Waals surface area contributed by atoms with Crippen molar-refractivity contribution in [2.24, 2.45) is 11.7 Å². The average Bonchev–Trinajstić information content (AvgIpc) is 2.06. The maximum absolute atomic E-state index is 5.59. The highest BCUT2D eigenvalue weighted by molar-refractivity contribution is 7.80. The lowest BCUT2D eigenvalue weighted by molar-refractivity contribution is 0.161. The van der Waals surface area contributed by atoms with E-state index in [9.17, 15) is 0 Å². The molecule has 0 heterocycles. The third kappa shape index (κ3) is 3.54. The van der Waals surface area contributed by atoms with Crippen LogP contribution < -0.4 is 5.73 Å². The molecule has 0 aliphatic heterocycles. The molecule has 14 heavy (non-hydrogen) atoms. The molecule has 2 nitrogen and oxygen atoms in total. The molecule has 0 aromatic rings. The minimum atomic E-state index is 0.549. The van der Waals surface area contributed by atoms with Crippen LogP contribution in [0.3, 0.4) is 0 Å². The molecule has 2 N–H and O–H groups in total. The predicted octanol–water partition coefficient (Wildman–Crippen LogP) is 2.17. The van der Waals surface area contributed by atoms with Crippen molar-refractivity contribution in [3.05, 3.63) is 0 Å². The van der Waals surface area contributed by atoms with E-state index in [1.807, 2.05) is 0 Å². The van der Waals surface area contributed by atoms with Gasteiger partial charge in [0.05, 0.1) is 4.99 Å². The summed E-state index contributed by atoms with van der Waals surface area (Å²) in [6.45, 7) is 3.43. The largest absolute Gasteiger partial charge is 0.393 e. The number of nitrogens with two attached hydrogens (primary N) is 1. The summed E-state index contributed by atoms with van der Waals surface area (Å²) in [5, 5.41) is 0. The van der Waals surface area contributed by atoms with Crippen molar-refractivity contribution in [3.63, 3.8) is 0 Å². The summed E-state index contributed by atoms with van der Waals surface area (Å²) < 4.78 is 0. The van der Waals surface area contributed by atoms with Crippen LogP contribution >= 0.6 is 12.2 Å². The van der Waals surface area contributed by atoms with E-state index in [1.165, 1.54) is 25.8 Å². The number of hydrogen-bond acceptors (Lipinski definition) is 2. The van der Waals surface area contributed by atoms with Crippen LogP contribution in [0.5, 0.6) is 0 Å². The van der Waals surface area contributed by atoms with Gasteiger partial charge in [-0.25, -0.2) is 0 Å². The minimum absolute atomic E-state index is 0.549. The molecule has 1 aliphatic carbocycles. The molecule has 0 aromatic carbocycles. The van der Waals surface area contributed by atoms with Gasteiger partial charge in [0.25, 0.3) is 0 Å². The molecule has 0 bridgehead atoms. The summed E-state index contributed by atoms with van der Waals surface area (Å²) in [4.78, 5) is 3.08. The fraction of sp³-hybridized carbons (Fsp3) is 0.909. The van der Waals surface area contributed by atoms with E-state index in [-0.39, 0.29) is 0 Å². The number of hydrogen-bond donors (Lipinski definition) is 1. The lowest BCUT2D eigenvalue weighted by atomic mass is 9.85. The second-order valence-electron chi connectivity index (χ2n) is 4.47. The summed E-state index contributed by atoms with van der Waals surface area (Å²) >= 11 is 4.96. The van der Waals surface area contributed by atoms with Crippen LogP contribution in [0.25, 0.3) is 0 Å². The van der Waals surface area contributed by atoms with Gasteiger partial charge in [0.2, 0.25) is 0 Å². The van der Waals surface area contributed by atoms with Crippen LogP contribution in [0.1, 0.15) is 39.0 Å². The minimum Gasteiger partial charge on any atom is -0.393 e. The van der Waals surface area contributed by atoms with Crippen molar-refractivity contribution < 1.29 is 0 Å². The van der Waals surface area contributed by atoms with Gasteiger partial charge in [0.1, 0.15) is 0 Å². The molecule has 1 unspecified atom stereocenters. The highest BCUT2D eigenvalue weighted by Crippen LogP contribution is 2.27. The number of thiocarbonyl (C=S) groups is 1. The van der Waals surface area contributed by atoms with Crippen molar-refractivity contribution in [3.8, 4) is 0 Å². The second kappa shape index (κ2) is 5.66. The Balaban J connectivity index is 2.29. The van der Waals surface area contributed by atoms with Gasteiger partial charge in [-0.2, -0.15) is 0 Å². The molecule has 1 rings (SSSR count). The fourth-order valence-electron chi connectivity index (χ4n) is 2.08. The number of rotatable bonds is 6. The van der Waals surface area contributed by atoms with Crippen LogP contribution in [-0.4, -0.2) is 29.5 Å². The van der Waals surface area contributed by atoms with Gasteiger partial charge >= 0.3 is 0 Å². The van der Waals surface area contributed by atoms with Crippen LogP contribution in [0.15, 0.2) is 0 Å². The second-order valence-corrected chi connectivity index (χ2v) is 4.99. The van der Waals surface area contributed by atoms with Gasteiger partial charge in [0, 0.05) is 19.0 Å². The monoisotopic (exact) mass is 214 g/mol. The molecule has 1 aliphatic rings. The van der Waals surface area contributed by atoms with E-state index in [1.54, 1.807) is 0 Å². The van der Waals surface area contributed by atoms with Crippen molar-refractivity contribution in [1.82, 2.24) is 4.90 Å². The van der Waals surface area contributed by atoms with E-state index in [0.717, 1.165) is 18.8 Å². The molecule has 0 radical (unpaired) electrons. The maximum Gasteiger partial charge on any atom is 0.0743 e. The zero-order chi connectivity index (χ0) is 10.6. The Morgan fingerprint density at radius 2 is 2.21 bits per heavy atom. The molecule has 0 aromatic heterocycles. The first-order valence-corrected chi connectivity index (χ1v) is 6.02. The van der Waals surface area contributed by atoms with Crippen LogP contribution in [0, 0.1) is 5.92 Å². The third-order valence-electron chi connectivity index (χ3n) is 3.30. The fourth-order valence-corrected chi connectivity index (χ4v) is 2.27. The van der Waals surface area contributed by atoms with Crippen LogP contribution in [0.2, 0.25) is 0 Å². The summed E-state index contributed by atoms with van der Waals surface area (Å²) in [5.74, 6) is 0.931. The lowest BCUT2D eigenvalue weighted by Gasteiger charge is -2.34. The molecule has 1 saturated carbocycles. The first-order valence-electron chi connectivity index (χ1n) is 5.62. The Morgan fingerprint density at radius 1 is 1.57 bits per heavy atom. The van der Waals surface area contributed by atoms with Crippen LogP contribution in [-0.2, 0) is 0 Å². The molecule has 1 fully saturated rings. The van der Waals surface area contributed by atoms with E-state index in [2.05, 4.69) is 18.9 Å². The van der Waals surface area contributed by atoms with Crippen molar-refractivity contribution in [1.29, 1.82) is 0 Å². The molecular formula is C11H22N2S. The lowest BCUT2D eigenvalue weighted by Crippen LogP contribution is -2.39. The predicted molar refractivity (Wildman–Crippen MR) is 65.5 cm³/mol. The van der Waals surface area contributed by atoms with E-state index in [4.69, 9.17) is 18.0 Å². The Labute approximate surface area is 92.8 Å². The summed E-state index contributed by atoms with van der Waals surface area (Å²) in [6, 6.07) is 0.549. The topological polar surface area (TPSA) is 29.3 Å².